The molecule has 1 atom stereocenters. The topological polar surface area (TPSA) is 51.0 Å². The van der Waals surface area contributed by atoms with Crippen molar-refractivity contribution in [2.24, 2.45) is 0 Å². The van der Waals surface area contributed by atoms with E-state index in [1.165, 1.54) is 5.56 Å². The molecular formula is C16H23N3O. The first kappa shape index (κ1) is 14.6. The summed E-state index contributed by atoms with van der Waals surface area (Å²) in [5, 5.41) is 7.43. The summed E-state index contributed by atoms with van der Waals surface area (Å²) in [6.07, 6.45) is 4.16. The summed E-state index contributed by atoms with van der Waals surface area (Å²) in [4.78, 5) is 4.45. The van der Waals surface area contributed by atoms with Crippen molar-refractivity contribution in [1.29, 1.82) is 0 Å². The Hall–Kier alpha value is -1.84. The van der Waals surface area contributed by atoms with E-state index < -0.39 is 0 Å². The zero-order valence-electron chi connectivity index (χ0n) is 12.5. The highest BCUT2D eigenvalue weighted by atomic mass is 16.5. The first-order chi connectivity index (χ1) is 9.72. The van der Waals surface area contributed by atoms with Gasteiger partial charge in [0.05, 0.1) is 0 Å². The quantitative estimate of drug-likeness (QED) is 0.823. The summed E-state index contributed by atoms with van der Waals surface area (Å²) < 4.78 is 5.33. The number of nitrogens with one attached hydrogen (secondary N) is 1. The van der Waals surface area contributed by atoms with Crippen molar-refractivity contribution >= 4 is 5.69 Å². The summed E-state index contributed by atoms with van der Waals surface area (Å²) in [6, 6.07) is 8.43. The summed E-state index contributed by atoms with van der Waals surface area (Å²) in [7, 11) is 0. The molecule has 0 aliphatic rings. The average molecular weight is 273 g/mol. The molecule has 2 rings (SSSR count). The van der Waals surface area contributed by atoms with Crippen LogP contribution < -0.4 is 5.32 Å². The first-order valence-corrected chi connectivity index (χ1v) is 7.40. The summed E-state index contributed by atoms with van der Waals surface area (Å²) in [5.41, 5.74) is 2.40. The molecule has 0 aliphatic carbocycles. The van der Waals surface area contributed by atoms with Gasteiger partial charge in [0.15, 0.2) is 5.82 Å². The van der Waals surface area contributed by atoms with Gasteiger partial charge in [-0.2, -0.15) is 4.98 Å². The van der Waals surface area contributed by atoms with Gasteiger partial charge in [-0.15, -0.1) is 0 Å². The normalized spacial score (nSPS) is 12.3. The zero-order chi connectivity index (χ0) is 14.4. The average Bonchev–Trinajstić information content (AvgIpc) is 2.94. The molecular weight excluding hydrogens is 250 g/mol. The van der Waals surface area contributed by atoms with Gasteiger partial charge in [0.2, 0.25) is 5.89 Å². The molecule has 1 aromatic heterocycles. The fourth-order valence-corrected chi connectivity index (χ4v) is 2.07. The second-order valence-electron chi connectivity index (χ2n) is 5.07. The van der Waals surface area contributed by atoms with Gasteiger partial charge in [-0.05, 0) is 37.5 Å². The molecule has 0 saturated carbocycles. The Morgan fingerprint density at radius 3 is 2.90 bits per heavy atom. The lowest BCUT2D eigenvalue weighted by atomic mass is 10.1. The highest BCUT2D eigenvalue weighted by Crippen LogP contribution is 2.19. The maximum atomic E-state index is 5.33. The van der Waals surface area contributed by atoms with Crippen molar-refractivity contribution in [3.8, 4) is 0 Å². The molecule has 1 aromatic carbocycles. The van der Waals surface area contributed by atoms with Crippen LogP contribution >= 0.6 is 0 Å². The van der Waals surface area contributed by atoms with Gasteiger partial charge >= 0.3 is 0 Å². The highest BCUT2D eigenvalue weighted by molar-refractivity contribution is 5.46. The van der Waals surface area contributed by atoms with E-state index in [-0.39, 0.29) is 6.04 Å². The summed E-state index contributed by atoms with van der Waals surface area (Å²) in [6.45, 7) is 6.35. The number of benzene rings is 1. The Balaban J connectivity index is 1.99. The van der Waals surface area contributed by atoms with Gasteiger partial charge in [0.25, 0.3) is 0 Å². The maximum Gasteiger partial charge on any atom is 0.248 e. The molecule has 0 radical (unpaired) electrons. The van der Waals surface area contributed by atoms with Crippen LogP contribution in [0.25, 0.3) is 0 Å². The predicted octanol–water partition coefficient (Wildman–Crippen LogP) is 4.15. The molecule has 0 aliphatic heterocycles. The minimum atomic E-state index is 0.0185. The SMILES string of the molecule is CCCCc1noc(C(C)Nc2cccc(CC)c2)n1. The molecule has 0 fully saturated rings. The van der Waals surface area contributed by atoms with Crippen LogP contribution in [0.4, 0.5) is 5.69 Å². The van der Waals surface area contributed by atoms with Crippen molar-refractivity contribution in [1.82, 2.24) is 10.1 Å². The van der Waals surface area contributed by atoms with Crippen LogP contribution in [0, 0.1) is 0 Å². The van der Waals surface area contributed by atoms with Gasteiger partial charge in [0.1, 0.15) is 6.04 Å². The Bertz CT molecular complexity index is 536. The molecule has 108 valence electrons. The van der Waals surface area contributed by atoms with Gasteiger partial charge < -0.3 is 9.84 Å². The summed E-state index contributed by atoms with van der Waals surface area (Å²) in [5.74, 6) is 1.45. The van der Waals surface area contributed by atoms with E-state index in [0.717, 1.165) is 37.2 Å². The van der Waals surface area contributed by atoms with E-state index >= 15 is 0 Å². The van der Waals surface area contributed by atoms with Crippen molar-refractivity contribution < 1.29 is 4.52 Å². The van der Waals surface area contributed by atoms with Crippen molar-refractivity contribution in [3.05, 3.63) is 41.5 Å². The van der Waals surface area contributed by atoms with Crippen LogP contribution in [-0.4, -0.2) is 10.1 Å². The number of anilines is 1. The molecule has 0 amide bonds. The Morgan fingerprint density at radius 2 is 2.15 bits per heavy atom. The van der Waals surface area contributed by atoms with Gasteiger partial charge in [0, 0.05) is 12.1 Å². The zero-order valence-corrected chi connectivity index (χ0v) is 12.5. The Labute approximate surface area is 120 Å². The van der Waals surface area contributed by atoms with Gasteiger partial charge in [-0.25, -0.2) is 0 Å². The van der Waals surface area contributed by atoms with Crippen LogP contribution in [0.2, 0.25) is 0 Å². The first-order valence-electron chi connectivity index (χ1n) is 7.40. The maximum absolute atomic E-state index is 5.33. The van der Waals surface area contributed by atoms with Crippen molar-refractivity contribution in [2.75, 3.05) is 5.32 Å². The lowest BCUT2D eigenvalue weighted by molar-refractivity contribution is 0.362. The van der Waals surface area contributed by atoms with E-state index in [9.17, 15) is 0 Å². The number of rotatable bonds is 7. The molecule has 1 heterocycles. The van der Waals surface area contributed by atoms with E-state index in [1.807, 2.05) is 6.92 Å². The largest absolute Gasteiger partial charge is 0.374 e. The molecule has 0 saturated heterocycles. The predicted molar refractivity (Wildman–Crippen MR) is 80.8 cm³/mol. The van der Waals surface area contributed by atoms with Crippen LogP contribution in [0.3, 0.4) is 0 Å². The third-order valence-electron chi connectivity index (χ3n) is 3.33. The lowest BCUT2D eigenvalue weighted by Crippen LogP contribution is -2.07. The molecule has 4 nitrogen and oxygen atoms in total. The van der Waals surface area contributed by atoms with Crippen LogP contribution in [-0.2, 0) is 12.8 Å². The highest BCUT2D eigenvalue weighted by Gasteiger charge is 2.13. The van der Waals surface area contributed by atoms with Gasteiger partial charge in [-0.1, -0.05) is 37.6 Å². The molecule has 20 heavy (non-hydrogen) atoms. The van der Waals surface area contributed by atoms with E-state index in [0.29, 0.717) is 5.89 Å². The number of aryl methyl sites for hydroxylation is 2. The number of hydrogen-bond donors (Lipinski definition) is 1. The van der Waals surface area contributed by atoms with Crippen molar-refractivity contribution in [2.45, 2.75) is 52.5 Å². The molecule has 1 unspecified atom stereocenters. The monoisotopic (exact) mass is 273 g/mol. The summed E-state index contributed by atoms with van der Waals surface area (Å²) >= 11 is 0. The Morgan fingerprint density at radius 1 is 1.30 bits per heavy atom. The van der Waals surface area contributed by atoms with E-state index in [2.05, 4.69) is 53.6 Å². The standard InChI is InChI=1S/C16H23N3O/c1-4-6-10-15-18-16(20-19-15)12(3)17-14-9-7-8-13(5-2)11-14/h7-9,11-12,17H,4-6,10H2,1-3H3. The third kappa shape index (κ3) is 3.83. The minimum absolute atomic E-state index is 0.0185. The molecule has 1 N–H and O–H groups in total. The van der Waals surface area contributed by atoms with Crippen LogP contribution in [0.5, 0.6) is 0 Å². The van der Waals surface area contributed by atoms with Gasteiger partial charge in [-0.3, -0.25) is 0 Å². The molecule has 0 spiro atoms. The minimum Gasteiger partial charge on any atom is -0.374 e. The number of hydrogen-bond acceptors (Lipinski definition) is 4. The second kappa shape index (κ2) is 7.08. The Kier molecular flexibility index (Phi) is 5.16. The van der Waals surface area contributed by atoms with E-state index in [1.54, 1.807) is 0 Å². The smallest absolute Gasteiger partial charge is 0.248 e. The molecule has 4 heteroatoms. The number of nitrogens with zero attached hydrogens (tertiary/aromatic N) is 2. The van der Waals surface area contributed by atoms with Crippen molar-refractivity contribution in [3.63, 3.8) is 0 Å². The fraction of sp³-hybridized carbons (Fsp3) is 0.500. The fourth-order valence-electron chi connectivity index (χ4n) is 2.07. The van der Waals surface area contributed by atoms with Crippen LogP contribution in [0.15, 0.2) is 28.8 Å². The molecule has 0 bridgehead atoms. The third-order valence-corrected chi connectivity index (χ3v) is 3.33. The molecule has 2 aromatic rings. The number of aromatic nitrogens is 2. The van der Waals surface area contributed by atoms with Crippen LogP contribution in [0.1, 0.15) is 56.9 Å². The second-order valence-corrected chi connectivity index (χ2v) is 5.07. The van der Waals surface area contributed by atoms with E-state index in [4.69, 9.17) is 4.52 Å². The lowest BCUT2D eigenvalue weighted by Gasteiger charge is -2.11. The number of unbranched alkanes of at least 4 members (excludes halogenated alkanes) is 1.